The summed E-state index contributed by atoms with van der Waals surface area (Å²) in [5.74, 6) is -0.930. The van der Waals surface area contributed by atoms with Crippen molar-refractivity contribution < 1.29 is 23.5 Å². The fraction of sp³-hybridized carbons (Fsp3) is 0.818. The van der Waals surface area contributed by atoms with Crippen LogP contribution in [0.3, 0.4) is 0 Å². The SMILES string of the molecule is CCOP(=O)(OCC)[C@@]1(C#N)C[C@H](I)[C@H](CC(=O)O)S1. The topological polar surface area (TPSA) is 96.6 Å². The number of carbonyl (C=O) groups is 1. The van der Waals surface area contributed by atoms with Gasteiger partial charge in [0.25, 0.3) is 0 Å². The molecular weight excluding hydrogens is 416 g/mol. The highest BCUT2D eigenvalue weighted by atomic mass is 127. The summed E-state index contributed by atoms with van der Waals surface area (Å²) < 4.78 is 22.1. The first-order chi connectivity index (χ1) is 9.34. The summed E-state index contributed by atoms with van der Waals surface area (Å²) in [6.07, 6.45) is 0.226. The zero-order valence-electron chi connectivity index (χ0n) is 11.2. The smallest absolute Gasteiger partial charge is 0.360 e. The normalized spacial score (nSPS) is 30.1. The van der Waals surface area contributed by atoms with Gasteiger partial charge in [0.1, 0.15) is 0 Å². The number of nitriles is 1. The van der Waals surface area contributed by atoms with E-state index in [1.54, 1.807) is 13.8 Å². The van der Waals surface area contributed by atoms with Crippen molar-refractivity contribution in [1.29, 1.82) is 5.26 Å². The predicted molar refractivity (Wildman–Crippen MR) is 85.3 cm³/mol. The van der Waals surface area contributed by atoms with E-state index in [1.165, 1.54) is 0 Å². The third-order valence-corrected chi connectivity index (χ3v) is 9.41. The molecule has 114 valence electrons. The number of carboxylic acid groups (broad SMARTS) is 1. The van der Waals surface area contributed by atoms with E-state index in [0.29, 0.717) is 6.42 Å². The Morgan fingerprint density at radius 3 is 2.50 bits per heavy atom. The average Bonchev–Trinajstić information content (AvgIpc) is 2.68. The molecule has 1 saturated heterocycles. The van der Waals surface area contributed by atoms with Gasteiger partial charge in [-0.15, -0.1) is 11.8 Å². The zero-order valence-corrected chi connectivity index (χ0v) is 15.1. The molecular formula is C11H17INO5PS. The molecule has 1 rings (SSSR count). The minimum Gasteiger partial charge on any atom is -0.481 e. The van der Waals surface area contributed by atoms with E-state index in [0.717, 1.165) is 11.8 Å². The van der Waals surface area contributed by atoms with Crippen molar-refractivity contribution in [1.82, 2.24) is 0 Å². The lowest BCUT2D eigenvalue weighted by Crippen LogP contribution is -2.23. The molecule has 1 fully saturated rings. The predicted octanol–water partition coefficient (Wildman–Crippen LogP) is 3.26. The minimum atomic E-state index is -3.61. The van der Waals surface area contributed by atoms with Gasteiger partial charge in [0.2, 0.25) is 4.49 Å². The Labute approximate surface area is 136 Å². The fourth-order valence-corrected chi connectivity index (χ4v) is 8.26. The number of hydrogen-bond acceptors (Lipinski definition) is 6. The highest BCUT2D eigenvalue weighted by molar-refractivity contribution is 14.1. The summed E-state index contributed by atoms with van der Waals surface area (Å²) in [7, 11) is -3.61. The highest BCUT2D eigenvalue weighted by Crippen LogP contribution is 2.71. The van der Waals surface area contributed by atoms with Crippen LogP contribution in [0.25, 0.3) is 0 Å². The van der Waals surface area contributed by atoms with Crippen LogP contribution in [0, 0.1) is 11.3 Å². The summed E-state index contributed by atoms with van der Waals surface area (Å²) in [5, 5.41) is 18.2. The van der Waals surface area contributed by atoms with Gasteiger partial charge in [0.05, 0.1) is 25.7 Å². The second-order valence-electron chi connectivity index (χ2n) is 4.20. The van der Waals surface area contributed by atoms with Crippen LogP contribution in [-0.2, 0) is 18.4 Å². The molecule has 1 aliphatic rings. The lowest BCUT2D eigenvalue weighted by atomic mass is 10.1. The minimum absolute atomic E-state index is 0.0670. The Morgan fingerprint density at radius 1 is 1.55 bits per heavy atom. The number of carboxylic acids is 1. The largest absolute Gasteiger partial charge is 0.481 e. The van der Waals surface area contributed by atoms with Gasteiger partial charge in [-0.2, -0.15) is 5.26 Å². The van der Waals surface area contributed by atoms with Crippen molar-refractivity contribution in [3.05, 3.63) is 0 Å². The number of rotatable bonds is 7. The second kappa shape index (κ2) is 7.45. The van der Waals surface area contributed by atoms with E-state index in [4.69, 9.17) is 14.2 Å². The summed E-state index contributed by atoms with van der Waals surface area (Å²) in [6.45, 7) is 3.73. The maximum atomic E-state index is 12.9. The number of halogens is 1. The van der Waals surface area contributed by atoms with Crippen LogP contribution in [0.5, 0.6) is 0 Å². The lowest BCUT2D eigenvalue weighted by Gasteiger charge is -2.29. The Morgan fingerprint density at radius 2 is 2.10 bits per heavy atom. The van der Waals surface area contributed by atoms with Crippen molar-refractivity contribution >= 4 is 47.9 Å². The summed E-state index contributed by atoms with van der Waals surface area (Å²) in [5.41, 5.74) is 0. The van der Waals surface area contributed by atoms with Crippen LogP contribution in [0.15, 0.2) is 0 Å². The van der Waals surface area contributed by atoms with E-state index in [1.807, 2.05) is 0 Å². The highest BCUT2D eigenvalue weighted by Gasteiger charge is 2.59. The molecule has 1 heterocycles. The summed E-state index contributed by atoms with van der Waals surface area (Å²) >= 11 is 3.22. The molecule has 20 heavy (non-hydrogen) atoms. The van der Waals surface area contributed by atoms with Gasteiger partial charge in [0, 0.05) is 9.17 Å². The van der Waals surface area contributed by atoms with E-state index in [2.05, 4.69) is 28.7 Å². The maximum absolute atomic E-state index is 12.9. The third kappa shape index (κ3) is 3.69. The molecule has 0 amide bonds. The molecule has 3 atom stereocenters. The molecule has 0 spiro atoms. The van der Waals surface area contributed by atoms with Gasteiger partial charge in [-0.25, -0.2) is 0 Å². The zero-order chi connectivity index (χ0) is 15.4. The maximum Gasteiger partial charge on any atom is 0.360 e. The Kier molecular flexibility index (Phi) is 6.80. The Bertz CT molecular complexity index is 447. The molecule has 1 N–H and O–H groups in total. The van der Waals surface area contributed by atoms with Gasteiger partial charge in [-0.3, -0.25) is 9.36 Å². The summed E-state index contributed by atoms with van der Waals surface area (Å²) in [4.78, 5) is 10.9. The van der Waals surface area contributed by atoms with Crippen LogP contribution >= 0.6 is 41.9 Å². The molecule has 0 saturated carbocycles. The molecule has 0 unspecified atom stereocenters. The van der Waals surface area contributed by atoms with Gasteiger partial charge < -0.3 is 14.2 Å². The third-order valence-electron chi connectivity index (χ3n) is 2.81. The van der Waals surface area contributed by atoms with Crippen LogP contribution in [0.2, 0.25) is 0 Å². The molecule has 0 aromatic heterocycles. The van der Waals surface area contributed by atoms with E-state index in [-0.39, 0.29) is 28.8 Å². The van der Waals surface area contributed by atoms with Crippen LogP contribution in [0.4, 0.5) is 0 Å². The fourth-order valence-electron chi connectivity index (χ4n) is 2.01. The Balaban J connectivity index is 3.07. The number of hydrogen-bond donors (Lipinski definition) is 1. The van der Waals surface area contributed by atoms with E-state index >= 15 is 0 Å². The quantitative estimate of drug-likeness (QED) is 0.374. The van der Waals surface area contributed by atoms with E-state index in [9.17, 15) is 14.6 Å². The standard InChI is InChI=1S/C11H17INO5PS/c1-3-17-19(16,18-4-2)11(7-13)6-8(12)9(20-11)5-10(14)15/h8-9H,3-6H2,1-2H3,(H,14,15)/t8-,9-,11-/m0/s1. The molecule has 0 bridgehead atoms. The number of nitrogens with zero attached hydrogens (tertiary/aromatic N) is 1. The first-order valence-corrected chi connectivity index (χ1v) is 9.85. The second-order valence-corrected chi connectivity index (χ2v) is 9.92. The number of alkyl halides is 1. The van der Waals surface area contributed by atoms with Gasteiger partial charge in [-0.1, -0.05) is 22.6 Å². The van der Waals surface area contributed by atoms with Crippen molar-refractivity contribution in [2.75, 3.05) is 13.2 Å². The molecule has 1 aliphatic heterocycles. The first-order valence-electron chi connectivity index (χ1n) is 6.18. The van der Waals surface area contributed by atoms with Gasteiger partial charge in [-0.05, 0) is 20.3 Å². The lowest BCUT2D eigenvalue weighted by molar-refractivity contribution is -0.136. The Hall–Kier alpha value is 0.190. The van der Waals surface area contributed by atoms with Crippen molar-refractivity contribution in [3.63, 3.8) is 0 Å². The van der Waals surface area contributed by atoms with Gasteiger partial charge >= 0.3 is 13.6 Å². The molecule has 0 aromatic rings. The van der Waals surface area contributed by atoms with Crippen molar-refractivity contribution in [3.8, 4) is 6.07 Å². The van der Waals surface area contributed by atoms with Gasteiger partial charge in [0.15, 0.2) is 0 Å². The summed E-state index contributed by atoms with van der Waals surface area (Å²) in [6, 6.07) is 2.07. The van der Waals surface area contributed by atoms with E-state index < -0.39 is 18.1 Å². The first kappa shape index (κ1) is 18.2. The van der Waals surface area contributed by atoms with Crippen molar-refractivity contribution in [2.45, 2.75) is 40.4 Å². The number of aliphatic carboxylic acids is 1. The van der Waals surface area contributed by atoms with Crippen molar-refractivity contribution in [2.24, 2.45) is 0 Å². The van der Waals surface area contributed by atoms with Crippen LogP contribution in [0.1, 0.15) is 26.7 Å². The molecule has 9 heteroatoms. The monoisotopic (exact) mass is 433 g/mol. The van der Waals surface area contributed by atoms with Crippen LogP contribution < -0.4 is 0 Å². The molecule has 0 aromatic carbocycles. The molecule has 0 aliphatic carbocycles. The average molecular weight is 433 g/mol. The molecule has 0 radical (unpaired) electrons. The number of thioether (sulfide) groups is 1. The molecule has 6 nitrogen and oxygen atoms in total. The van der Waals surface area contributed by atoms with Crippen LogP contribution in [-0.4, -0.2) is 38.0 Å².